The third-order valence-corrected chi connectivity index (χ3v) is 3.49. The second-order valence-electron chi connectivity index (χ2n) is 4.90. The van der Waals surface area contributed by atoms with Gasteiger partial charge in [0.1, 0.15) is 0 Å². The van der Waals surface area contributed by atoms with E-state index in [0.717, 1.165) is 17.8 Å². The molecule has 0 aromatic rings. The normalized spacial score (nSPS) is 15.9. The van der Waals surface area contributed by atoms with Gasteiger partial charge in [0, 0.05) is 0 Å². The van der Waals surface area contributed by atoms with Crippen molar-refractivity contribution in [1.29, 1.82) is 0 Å². The minimum atomic E-state index is 0.828. The van der Waals surface area contributed by atoms with Gasteiger partial charge in [-0.15, -0.1) is 0 Å². The summed E-state index contributed by atoms with van der Waals surface area (Å²) in [5.41, 5.74) is 0. The van der Waals surface area contributed by atoms with Gasteiger partial charge in [0.25, 0.3) is 0 Å². The molecule has 1 nitrogen and oxygen atoms in total. The summed E-state index contributed by atoms with van der Waals surface area (Å²) in [6.45, 7) is 10.6. The van der Waals surface area contributed by atoms with Gasteiger partial charge in [0.15, 0.2) is 0 Å². The van der Waals surface area contributed by atoms with Gasteiger partial charge in [-0.2, -0.15) is 0 Å². The predicted octanol–water partition coefficient (Wildman–Crippen LogP) is 3.69. The van der Waals surface area contributed by atoms with E-state index in [0.29, 0.717) is 0 Å². The summed E-state index contributed by atoms with van der Waals surface area (Å²) in [7, 11) is 2.05. The van der Waals surface area contributed by atoms with E-state index >= 15 is 0 Å². The highest BCUT2D eigenvalue weighted by Gasteiger charge is 2.18. The first-order valence-corrected chi connectivity index (χ1v) is 6.28. The SMILES string of the molecule is CCCCC(CCNC)C(C)C(C)C. The Morgan fingerprint density at radius 3 is 2.14 bits per heavy atom. The van der Waals surface area contributed by atoms with E-state index in [4.69, 9.17) is 0 Å². The monoisotopic (exact) mass is 199 g/mol. The molecule has 0 amide bonds. The van der Waals surface area contributed by atoms with E-state index in [-0.39, 0.29) is 0 Å². The minimum Gasteiger partial charge on any atom is -0.320 e. The van der Waals surface area contributed by atoms with Crippen LogP contribution in [0.3, 0.4) is 0 Å². The molecule has 0 saturated heterocycles. The van der Waals surface area contributed by atoms with Gasteiger partial charge < -0.3 is 5.32 Å². The van der Waals surface area contributed by atoms with Crippen molar-refractivity contribution in [3.8, 4) is 0 Å². The molecule has 0 heterocycles. The zero-order valence-electron chi connectivity index (χ0n) is 10.8. The number of rotatable bonds is 8. The molecule has 1 heteroatoms. The molecule has 2 unspecified atom stereocenters. The molecule has 2 atom stereocenters. The molecule has 0 radical (unpaired) electrons. The van der Waals surface area contributed by atoms with Crippen molar-refractivity contribution >= 4 is 0 Å². The lowest BCUT2D eigenvalue weighted by atomic mass is 9.80. The molecule has 86 valence electrons. The molecule has 0 aromatic carbocycles. The predicted molar refractivity (Wildman–Crippen MR) is 65.6 cm³/mol. The molecular weight excluding hydrogens is 170 g/mol. The highest BCUT2D eigenvalue weighted by atomic mass is 14.8. The molecule has 0 spiro atoms. The van der Waals surface area contributed by atoms with Gasteiger partial charge >= 0.3 is 0 Å². The molecule has 14 heavy (non-hydrogen) atoms. The fraction of sp³-hybridized carbons (Fsp3) is 1.00. The zero-order valence-corrected chi connectivity index (χ0v) is 10.8. The molecule has 0 rings (SSSR count). The van der Waals surface area contributed by atoms with Crippen LogP contribution in [-0.4, -0.2) is 13.6 Å². The van der Waals surface area contributed by atoms with Crippen molar-refractivity contribution in [3.63, 3.8) is 0 Å². The standard InChI is InChI=1S/C13H29N/c1-6-7-8-13(9-10-14-5)12(4)11(2)3/h11-14H,6-10H2,1-5H3. The highest BCUT2D eigenvalue weighted by Crippen LogP contribution is 2.27. The fourth-order valence-electron chi connectivity index (χ4n) is 2.01. The van der Waals surface area contributed by atoms with Gasteiger partial charge in [-0.1, -0.05) is 47.0 Å². The van der Waals surface area contributed by atoms with Crippen LogP contribution in [0.5, 0.6) is 0 Å². The summed E-state index contributed by atoms with van der Waals surface area (Å²) in [5.74, 6) is 2.62. The second kappa shape index (κ2) is 8.28. The molecule has 1 N–H and O–H groups in total. The Hall–Kier alpha value is -0.0400. The quantitative estimate of drug-likeness (QED) is 0.628. The first kappa shape index (κ1) is 14.0. The van der Waals surface area contributed by atoms with Gasteiger partial charge in [-0.05, 0) is 37.8 Å². The van der Waals surface area contributed by atoms with Gasteiger partial charge in [0.05, 0.1) is 0 Å². The molecule has 0 fully saturated rings. The number of unbranched alkanes of at least 4 members (excludes halogenated alkanes) is 1. The van der Waals surface area contributed by atoms with Gasteiger partial charge in [0.2, 0.25) is 0 Å². The molecule has 0 aliphatic carbocycles. The van der Waals surface area contributed by atoms with Crippen LogP contribution >= 0.6 is 0 Å². The maximum atomic E-state index is 3.27. The maximum Gasteiger partial charge on any atom is -0.00492 e. The van der Waals surface area contributed by atoms with Crippen LogP contribution in [0.15, 0.2) is 0 Å². The molecule has 0 saturated carbocycles. The molecule has 0 aromatic heterocycles. The van der Waals surface area contributed by atoms with Crippen molar-refractivity contribution in [2.45, 2.75) is 53.4 Å². The van der Waals surface area contributed by atoms with E-state index in [1.165, 1.54) is 32.2 Å². The largest absolute Gasteiger partial charge is 0.320 e. The first-order chi connectivity index (χ1) is 6.63. The van der Waals surface area contributed by atoms with Crippen molar-refractivity contribution in [2.24, 2.45) is 17.8 Å². The topological polar surface area (TPSA) is 12.0 Å². The summed E-state index contributed by atoms with van der Waals surface area (Å²) in [4.78, 5) is 0. The Balaban J connectivity index is 3.94. The van der Waals surface area contributed by atoms with E-state index in [1.54, 1.807) is 0 Å². The Morgan fingerprint density at radius 1 is 1.07 bits per heavy atom. The Labute approximate surface area is 90.7 Å². The molecule has 0 aliphatic rings. The zero-order chi connectivity index (χ0) is 11.0. The van der Waals surface area contributed by atoms with Crippen LogP contribution < -0.4 is 5.32 Å². The lowest BCUT2D eigenvalue weighted by molar-refractivity contribution is 0.243. The van der Waals surface area contributed by atoms with Gasteiger partial charge in [-0.3, -0.25) is 0 Å². The third-order valence-electron chi connectivity index (χ3n) is 3.49. The van der Waals surface area contributed by atoms with Crippen LogP contribution in [-0.2, 0) is 0 Å². The Kier molecular flexibility index (Phi) is 8.26. The van der Waals surface area contributed by atoms with Crippen LogP contribution in [0.4, 0.5) is 0 Å². The lowest BCUT2D eigenvalue weighted by Crippen LogP contribution is -2.21. The smallest absolute Gasteiger partial charge is 0.00492 e. The van der Waals surface area contributed by atoms with Crippen LogP contribution in [0.2, 0.25) is 0 Å². The summed E-state index contributed by atoms with van der Waals surface area (Å²) in [6.07, 6.45) is 5.49. The second-order valence-corrected chi connectivity index (χ2v) is 4.90. The Bertz CT molecular complexity index is 112. The van der Waals surface area contributed by atoms with Crippen LogP contribution in [0.1, 0.15) is 53.4 Å². The number of hydrogen-bond donors (Lipinski definition) is 1. The highest BCUT2D eigenvalue weighted by molar-refractivity contribution is 4.70. The summed E-state index contributed by atoms with van der Waals surface area (Å²) < 4.78 is 0. The van der Waals surface area contributed by atoms with Gasteiger partial charge in [-0.25, -0.2) is 0 Å². The number of hydrogen-bond acceptors (Lipinski definition) is 1. The summed E-state index contributed by atoms with van der Waals surface area (Å²) in [6, 6.07) is 0. The van der Waals surface area contributed by atoms with Crippen LogP contribution in [0, 0.1) is 17.8 Å². The van der Waals surface area contributed by atoms with E-state index in [9.17, 15) is 0 Å². The third kappa shape index (κ3) is 5.64. The van der Waals surface area contributed by atoms with Crippen molar-refractivity contribution in [3.05, 3.63) is 0 Å². The lowest BCUT2D eigenvalue weighted by Gasteiger charge is -2.27. The minimum absolute atomic E-state index is 0.828. The van der Waals surface area contributed by atoms with Crippen molar-refractivity contribution in [2.75, 3.05) is 13.6 Å². The van der Waals surface area contributed by atoms with Crippen LogP contribution in [0.25, 0.3) is 0 Å². The molecule has 0 bridgehead atoms. The molecule has 0 aliphatic heterocycles. The molecular formula is C13H29N. The summed E-state index contributed by atoms with van der Waals surface area (Å²) >= 11 is 0. The van der Waals surface area contributed by atoms with Crippen molar-refractivity contribution < 1.29 is 0 Å². The average molecular weight is 199 g/mol. The number of nitrogens with one attached hydrogen (secondary N) is 1. The first-order valence-electron chi connectivity index (χ1n) is 6.28. The van der Waals surface area contributed by atoms with Crippen molar-refractivity contribution in [1.82, 2.24) is 5.32 Å². The van der Waals surface area contributed by atoms with E-state index in [2.05, 4.69) is 40.1 Å². The van der Waals surface area contributed by atoms with E-state index < -0.39 is 0 Å². The summed E-state index contributed by atoms with van der Waals surface area (Å²) in [5, 5.41) is 3.27. The Morgan fingerprint density at radius 2 is 1.71 bits per heavy atom. The average Bonchev–Trinajstić information content (AvgIpc) is 2.17. The maximum absolute atomic E-state index is 3.27. The van der Waals surface area contributed by atoms with E-state index in [1.807, 2.05) is 0 Å². The fourth-order valence-corrected chi connectivity index (χ4v) is 2.01.